The molecule has 0 saturated heterocycles. The zero-order chi connectivity index (χ0) is 20.7. The Morgan fingerprint density at radius 2 is 1.96 bits per heavy atom. The maximum absolute atomic E-state index is 12.8. The van der Waals surface area contributed by atoms with Crippen LogP contribution in [0, 0.1) is 0 Å². The number of nitrogens with zero attached hydrogens (tertiary/aromatic N) is 2. The Kier molecular flexibility index (Phi) is 7.59. The minimum absolute atomic E-state index is 0.0351. The number of aromatic nitrogens is 2. The Morgan fingerprint density at radius 3 is 2.64 bits per heavy atom. The topological polar surface area (TPSA) is 102 Å². The summed E-state index contributed by atoms with van der Waals surface area (Å²) < 4.78 is 6.61. The molecule has 0 saturated carbocycles. The predicted molar refractivity (Wildman–Crippen MR) is 110 cm³/mol. The summed E-state index contributed by atoms with van der Waals surface area (Å²) in [4.78, 5) is 41.3. The number of urea groups is 1. The van der Waals surface area contributed by atoms with Gasteiger partial charge in [0, 0.05) is 25.8 Å². The lowest BCUT2D eigenvalue weighted by molar-refractivity contribution is -0.117. The molecule has 0 unspecified atom stereocenters. The van der Waals surface area contributed by atoms with Crippen molar-refractivity contribution in [2.24, 2.45) is 0 Å². The molecule has 0 aliphatic carbocycles. The van der Waals surface area contributed by atoms with Crippen LogP contribution in [-0.4, -0.2) is 46.5 Å². The van der Waals surface area contributed by atoms with Gasteiger partial charge in [0.15, 0.2) is 5.16 Å². The number of carbonyl (C=O) groups is 2. The van der Waals surface area contributed by atoms with E-state index in [-0.39, 0.29) is 11.3 Å². The lowest BCUT2D eigenvalue weighted by Gasteiger charge is -2.20. The van der Waals surface area contributed by atoms with Gasteiger partial charge in [0.2, 0.25) is 5.91 Å². The Morgan fingerprint density at radius 1 is 1.25 bits per heavy atom. The summed E-state index contributed by atoms with van der Waals surface area (Å²) in [5.74, 6) is -0.496. The summed E-state index contributed by atoms with van der Waals surface area (Å²) >= 11 is 1.12. The van der Waals surface area contributed by atoms with Crippen LogP contribution in [0.4, 0.5) is 4.79 Å². The Bertz CT molecular complexity index is 905. The number of fused-ring (bicyclic) bond motifs is 1. The van der Waals surface area contributed by atoms with Crippen LogP contribution in [0.25, 0.3) is 10.9 Å². The second-order valence-electron chi connectivity index (χ2n) is 7.26. The lowest BCUT2D eigenvalue weighted by atomic mass is 10.1. The zero-order valence-electron chi connectivity index (χ0n) is 16.6. The Balaban J connectivity index is 2.15. The number of para-hydroxylation sites is 1. The molecular weight excluding hydrogens is 380 g/mol. The molecule has 1 aromatic carbocycles. The van der Waals surface area contributed by atoms with E-state index in [0.717, 1.165) is 11.8 Å². The second-order valence-corrected chi connectivity index (χ2v) is 8.20. The molecule has 1 heterocycles. The molecule has 152 valence electrons. The van der Waals surface area contributed by atoms with Gasteiger partial charge in [0.1, 0.15) is 0 Å². The molecule has 9 heteroatoms. The lowest BCUT2D eigenvalue weighted by Crippen LogP contribution is -2.48. The quantitative estimate of drug-likeness (QED) is 0.415. The van der Waals surface area contributed by atoms with Crippen molar-refractivity contribution in [1.29, 1.82) is 0 Å². The highest BCUT2D eigenvalue weighted by Gasteiger charge is 2.17. The number of ether oxygens (including phenoxy) is 1. The summed E-state index contributed by atoms with van der Waals surface area (Å²) in [5.41, 5.74) is -0.0295. The maximum atomic E-state index is 12.8. The second kappa shape index (κ2) is 9.70. The Hall–Kier alpha value is -2.39. The van der Waals surface area contributed by atoms with Gasteiger partial charge in [-0.05, 0) is 39.3 Å². The first-order valence-corrected chi connectivity index (χ1v) is 9.93. The summed E-state index contributed by atoms with van der Waals surface area (Å²) in [6.07, 6.45) is 0.643. The third-order valence-corrected chi connectivity index (χ3v) is 4.61. The van der Waals surface area contributed by atoms with Crippen LogP contribution in [0.1, 0.15) is 27.2 Å². The van der Waals surface area contributed by atoms with Crippen LogP contribution in [0.5, 0.6) is 0 Å². The average Bonchev–Trinajstić information content (AvgIpc) is 2.60. The first-order chi connectivity index (χ1) is 13.2. The van der Waals surface area contributed by atoms with Gasteiger partial charge in [-0.3, -0.25) is 19.5 Å². The normalized spacial score (nSPS) is 11.4. The van der Waals surface area contributed by atoms with Gasteiger partial charge >= 0.3 is 6.03 Å². The third kappa shape index (κ3) is 6.35. The van der Waals surface area contributed by atoms with Gasteiger partial charge in [-0.25, -0.2) is 9.78 Å². The van der Waals surface area contributed by atoms with Gasteiger partial charge in [-0.1, -0.05) is 23.9 Å². The number of methoxy groups -OCH3 is 1. The first kappa shape index (κ1) is 21.9. The van der Waals surface area contributed by atoms with E-state index in [1.54, 1.807) is 29.9 Å². The molecule has 3 amide bonds. The van der Waals surface area contributed by atoms with E-state index in [1.165, 1.54) is 0 Å². The molecule has 8 nitrogen and oxygen atoms in total. The van der Waals surface area contributed by atoms with E-state index in [9.17, 15) is 14.4 Å². The van der Waals surface area contributed by atoms with Gasteiger partial charge in [0.25, 0.3) is 5.56 Å². The molecular formula is C19H26N4O4S. The van der Waals surface area contributed by atoms with Crippen molar-refractivity contribution in [3.8, 4) is 0 Å². The molecule has 0 aliphatic rings. The molecule has 2 N–H and O–H groups in total. The Labute approximate surface area is 168 Å². The van der Waals surface area contributed by atoms with E-state index < -0.39 is 17.5 Å². The van der Waals surface area contributed by atoms with Crippen molar-refractivity contribution >= 4 is 34.6 Å². The van der Waals surface area contributed by atoms with E-state index in [4.69, 9.17) is 4.74 Å². The number of carbonyl (C=O) groups excluding carboxylic acids is 2. The average molecular weight is 407 g/mol. The fraction of sp³-hybridized carbons (Fsp3) is 0.474. The number of thioether (sulfide) groups is 1. The molecule has 0 fully saturated rings. The van der Waals surface area contributed by atoms with E-state index in [1.807, 2.05) is 26.8 Å². The smallest absolute Gasteiger partial charge is 0.321 e. The van der Waals surface area contributed by atoms with Gasteiger partial charge in [-0.15, -0.1) is 0 Å². The zero-order valence-corrected chi connectivity index (χ0v) is 17.4. The highest BCUT2D eigenvalue weighted by Crippen LogP contribution is 2.18. The van der Waals surface area contributed by atoms with Crippen LogP contribution >= 0.6 is 11.8 Å². The number of benzene rings is 1. The molecule has 0 spiro atoms. The fourth-order valence-corrected chi connectivity index (χ4v) is 3.31. The number of hydrogen-bond acceptors (Lipinski definition) is 6. The minimum atomic E-state index is -0.554. The van der Waals surface area contributed by atoms with Crippen molar-refractivity contribution in [1.82, 2.24) is 20.2 Å². The molecule has 0 aliphatic heterocycles. The first-order valence-electron chi connectivity index (χ1n) is 8.94. The molecule has 2 rings (SSSR count). The van der Waals surface area contributed by atoms with Crippen LogP contribution < -0.4 is 16.2 Å². The number of amides is 3. The molecule has 0 atom stereocenters. The van der Waals surface area contributed by atoms with Crippen molar-refractivity contribution < 1.29 is 14.3 Å². The van der Waals surface area contributed by atoms with Crippen molar-refractivity contribution in [3.05, 3.63) is 34.6 Å². The number of rotatable bonds is 7. The van der Waals surface area contributed by atoms with Gasteiger partial charge in [0.05, 0.1) is 16.7 Å². The van der Waals surface area contributed by atoms with Crippen LogP contribution in [0.15, 0.2) is 34.2 Å². The highest BCUT2D eigenvalue weighted by atomic mass is 32.2. The van der Waals surface area contributed by atoms with Crippen molar-refractivity contribution in [2.75, 3.05) is 19.5 Å². The largest absolute Gasteiger partial charge is 0.385 e. The summed E-state index contributed by atoms with van der Waals surface area (Å²) in [6.45, 7) is 6.41. The van der Waals surface area contributed by atoms with E-state index in [0.29, 0.717) is 35.6 Å². The van der Waals surface area contributed by atoms with Gasteiger partial charge in [-0.2, -0.15) is 0 Å². The van der Waals surface area contributed by atoms with Crippen molar-refractivity contribution in [2.45, 2.75) is 44.4 Å². The maximum Gasteiger partial charge on any atom is 0.321 e. The molecule has 1 aromatic heterocycles. The molecule has 2 aromatic rings. The molecule has 0 bridgehead atoms. The fourth-order valence-electron chi connectivity index (χ4n) is 2.49. The third-order valence-electron chi connectivity index (χ3n) is 3.63. The summed E-state index contributed by atoms with van der Waals surface area (Å²) in [5, 5.41) is 5.91. The van der Waals surface area contributed by atoms with Crippen LogP contribution in [0.2, 0.25) is 0 Å². The van der Waals surface area contributed by atoms with Gasteiger partial charge < -0.3 is 10.1 Å². The van der Waals surface area contributed by atoms with Crippen LogP contribution in [-0.2, 0) is 16.1 Å². The highest BCUT2D eigenvalue weighted by molar-refractivity contribution is 7.99. The minimum Gasteiger partial charge on any atom is -0.385 e. The molecule has 0 radical (unpaired) electrons. The van der Waals surface area contributed by atoms with E-state index >= 15 is 0 Å². The molecule has 28 heavy (non-hydrogen) atoms. The van der Waals surface area contributed by atoms with Crippen molar-refractivity contribution in [3.63, 3.8) is 0 Å². The number of hydrogen-bond donors (Lipinski definition) is 2. The number of imide groups is 1. The standard InChI is InChI=1S/C19H26N4O4S/c1-19(2,3)22-17(26)21-15(24)12-28-18-20-14-9-6-5-8-13(14)16(25)23(18)10-7-11-27-4/h5-6,8-9H,7,10-12H2,1-4H3,(H2,21,22,24,26). The summed E-state index contributed by atoms with van der Waals surface area (Å²) in [6, 6.07) is 6.54. The van der Waals surface area contributed by atoms with Crippen LogP contribution in [0.3, 0.4) is 0 Å². The van der Waals surface area contributed by atoms with E-state index in [2.05, 4.69) is 15.6 Å². The monoisotopic (exact) mass is 406 g/mol. The number of nitrogens with one attached hydrogen (secondary N) is 2. The summed E-state index contributed by atoms with van der Waals surface area (Å²) in [7, 11) is 1.60. The SMILES string of the molecule is COCCCn1c(SCC(=O)NC(=O)NC(C)(C)C)nc2ccccc2c1=O. The predicted octanol–water partition coefficient (Wildman–Crippen LogP) is 2.15.